The van der Waals surface area contributed by atoms with E-state index < -0.39 is 16.9 Å². The van der Waals surface area contributed by atoms with Crippen molar-refractivity contribution in [3.63, 3.8) is 0 Å². The summed E-state index contributed by atoms with van der Waals surface area (Å²) in [5.74, 6) is -0.546. The molecule has 0 saturated heterocycles. The highest BCUT2D eigenvalue weighted by Crippen LogP contribution is 2.55. The van der Waals surface area contributed by atoms with Gasteiger partial charge in [-0.05, 0) is 57.4 Å². The Kier molecular flexibility index (Phi) is 6.46. The molecule has 6 nitrogen and oxygen atoms in total. The fourth-order valence-corrected chi connectivity index (χ4v) is 3.37. The number of hydrogen-bond donors (Lipinski definition) is 1. The first-order valence-corrected chi connectivity index (χ1v) is 10.2. The Hall–Kier alpha value is -2.86. The highest BCUT2D eigenvalue weighted by molar-refractivity contribution is 5.98. The first-order chi connectivity index (χ1) is 14.3. The molecule has 0 radical (unpaired) electrons. The topological polar surface area (TPSA) is 73.9 Å². The maximum Gasteiger partial charge on any atom is 0.317 e. The number of nitrogens with one attached hydrogen (secondary N) is 1. The number of hydrogen-bond acceptors (Lipinski definition) is 5. The molecule has 1 fully saturated rings. The predicted molar refractivity (Wildman–Crippen MR) is 113 cm³/mol. The van der Waals surface area contributed by atoms with Crippen LogP contribution in [0.4, 0.5) is 0 Å². The number of carbonyl (C=O) groups excluding carboxylic acids is 2. The minimum Gasteiger partial charge on any atom is -0.489 e. The van der Waals surface area contributed by atoms with E-state index in [9.17, 15) is 9.59 Å². The van der Waals surface area contributed by atoms with Gasteiger partial charge in [-0.2, -0.15) is 0 Å². The first-order valence-electron chi connectivity index (χ1n) is 10.2. The van der Waals surface area contributed by atoms with Gasteiger partial charge in [0.25, 0.3) is 0 Å². The molecule has 1 amide bonds. The van der Waals surface area contributed by atoms with Crippen LogP contribution >= 0.6 is 0 Å². The van der Waals surface area contributed by atoms with Crippen LogP contribution in [0.1, 0.15) is 45.2 Å². The van der Waals surface area contributed by atoms with Gasteiger partial charge >= 0.3 is 5.97 Å². The molecule has 0 spiro atoms. The summed E-state index contributed by atoms with van der Waals surface area (Å²) < 4.78 is 11.1. The van der Waals surface area contributed by atoms with Crippen LogP contribution in [0.2, 0.25) is 0 Å². The average molecular weight is 411 g/mol. The van der Waals surface area contributed by atoms with Crippen molar-refractivity contribution >= 4 is 11.9 Å². The van der Waals surface area contributed by atoms with Gasteiger partial charge in [-0.1, -0.05) is 42.5 Å². The van der Waals surface area contributed by atoms with Crippen molar-refractivity contribution < 1.29 is 23.9 Å². The molecule has 1 aliphatic carbocycles. The van der Waals surface area contributed by atoms with Gasteiger partial charge in [0.15, 0.2) is 0 Å². The Morgan fingerprint density at radius 1 is 1.07 bits per heavy atom. The molecule has 1 N–H and O–H groups in total. The lowest BCUT2D eigenvalue weighted by molar-refractivity contribution is -0.152. The zero-order chi connectivity index (χ0) is 21.8. The molecule has 0 aliphatic heterocycles. The second kappa shape index (κ2) is 8.88. The number of rotatable bonds is 8. The molecular weight excluding hydrogens is 382 g/mol. The lowest BCUT2D eigenvalue weighted by Crippen LogP contribution is -2.37. The van der Waals surface area contributed by atoms with Crippen LogP contribution in [-0.4, -0.2) is 24.1 Å². The SMILES string of the molecule is CCOC(=O)[C@]1(c2ccc(OCc3ccccc3)cc2)C[C@H]1C(=O)NOC(C)(C)C. The van der Waals surface area contributed by atoms with E-state index in [0.717, 1.165) is 11.1 Å². The summed E-state index contributed by atoms with van der Waals surface area (Å²) in [6, 6.07) is 17.2. The zero-order valence-corrected chi connectivity index (χ0v) is 17.9. The van der Waals surface area contributed by atoms with Gasteiger partial charge in [0.2, 0.25) is 5.91 Å². The van der Waals surface area contributed by atoms with E-state index in [1.165, 1.54) is 0 Å². The normalized spacial score (nSPS) is 20.3. The summed E-state index contributed by atoms with van der Waals surface area (Å²) in [4.78, 5) is 30.8. The number of hydroxylamine groups is 1. The van der Waals surface area contributed by atoms with Gasteiger partial charge in [-0.15, -0.1) is 0 Å². The number of benzene rings is 2. The average Bonchev–Trinajstić information content (AvgIpc) is 3.48. The van der Waals surface area contributed by atoms with Crippen molar-refractivity contribution in [1.29, 1.82) is 0 Å². The molecule has 0 aromatic heterocycles. The fourth-order valence-electron chi connectivity index (χ4n) is 3.37. The number of carbonyl (C=O) groups is 2. The van der Waals surface area contributed by atoms with Crippen LogP contribution in [0.5, 0.6) is 5.75 Å². The third-order valence-electron chi connectivity index (χ3n) is 4.99. The minimum atomic E-state index is -0.987. The van der Waals surface area contributed by atoms with Crippen molar-refractivity contribution in [2.75, 3.05) is 6.61 Å². The van der Waals surface area contributed by atoms with E-state index in [-0.39, 0.29) is 18.5 Å². The molecule has 6 heteroatoms. The van der Waals surface area contributed by atoms with E-state index in [4.69, 9.17) is 14.3 Å². The molecule has 30 heavy (non-hydrogen) atoms. The standard InChI is InChI=1S/C24H29NO5/c1-5-28-22(27)24(15-20(24)21(26)25-30-23(2,3)4)18-11-13-19(14-12-18)29-16-17-9-7-6-8-10-17/h6-14,20H,5,15-16H2,1-4H3,(H,25,26)/t20-,24-/m0/s1. The van der Waals surface area contributed by atoms with Crippen LogP contribution in [0.15, 0.2) is 54.6 Å². The maximum absolute atomic E-state index is 12.8. The molecule has 2 aromatic carbocycles. The Labute approximate surface area is 177 Å². The van der Waals surface area contributed by atoms with Crippen molar-refractivity contribution in [1.82, 2.24) is 5.48 Å². The highest BCUT2D eigenvalue weighted by atomic mass is 16.7. The molecule has 0 heterocycles. The van der Waals surface area contributed by atoms with Crippen LogP contribution < -0.4 is 10.2 Å². The lowest BCUT2D eigenvalue weighted by atomic mass is 9.93. The second-order valence-electron chi connectivity index (χ2n) is 8.43. The second-order valence-corrected chi connectivity index (χ2v) is 8.43. The third kappa shape index (κ3) is 5.00. The predicted octanol–water partition coefficient (Wildman–Crippen LogP) is 3.93. The maximum atomic E-state index is 12.8. The summed E-state index contributed by atoms with van der Waals surface area (Å²) in [5, 5.41) is 0. The van der Waals surface area contributed by atoms with Crippen LogP contribution in [0.3, 0.4) is 0 Å². The third-order valence-corrected chi connectivity index (χ3v) is 4.99. The number of ether oxygens (including phenoxy) is 2. The molecule has 1 saturated carbocycles. The molecular formula is C24H29NO5. The van der Waals surface area contributed by atoms with E-state index in [1.807, 2.05) is 75.4 Å². The van der Waals surface area contributed by atoms with Gasteiger partial charge in [0.1, 0.15) is 17.8 Å². The lowest BCUT2D eigenvalue weighted by Gasteiger charge is -2.20. The van der Waals surface area contributed by atoms with Crippen LogP contribution in [0.25, 0.3) is 0 Å². The molecule has 3 rings (SSSR count). The fraction of sp³-hybridized carbons (Fsp3) is 0.417. The summed E-state index contributed by atoms with van der Waals surface area (Å²) >= 11 is 0. The van der Waals surface area contributed by atoms with E-state index in [2.05, 4.69) is 5.48 Å². The van der Waals surface area contributed by atoms with Crippen LogP contribution in [0, 0.1) is 5.92 Å². The number of esters is 1. The van der Waals surface area contributed by atoms with Crippen molar-refractivity contribution in [3.05, 3.63) is 65.7 Å². The minimum absolute atomic E-state index is 0.256. The highest BCUT2D eigenvalue weighted by Gasteiger charge is 2.66. The van der Waals surface area contributed by atoms with Gasteiger partial charge in [-0.25, -0.2) is 5.48 Å². The summed E-state index contributed by atoms with van der Waals surface area (Å²) in [6.07, 6.45) is 0.384. The quantitative estimate of drug-likeness (QED) is 0.526. The van der Waals surface area contributed by atoms with Crippen LogP contribution in [-0.2, 0) is 31.2 Å². The Morgan fingerprint density at radius 2 is 1.73 bits per heavy atom. The molecule has 2 aromatic rings. The Balaban J connectivity index is 1.72. The van der Waals surface area contributed by atoms with E-state index >= 15 is 0 Å². The van der Waals surface area contributed by atoms with E-state index in [1.54, 1.807) is 6.92 Å². The van der Waals surface area contributed by atoms with E-state index in [0.29, 0.717) is 18.8 Å². The summed E-state index contributed by atoms with van der Waals surface area (Å²) in [6.45, 7) is 7.99. The Bertz CT molecular complexity index is 873. The van der Waals surface area contributed by atoms with Gasteiger partial charge < -0.3 is 9.47 Å². The van der Waals surface area contributed by atoms with Gasteiger partial charge in [0, 0.05) is 0 Å². The molecule has 0 bridgehead atoms. The Morgan fingerprint density at radius 3 is 2.33 bits per heavy atom. The van der Waals surface area contributed by atoms with Crippen molar-refractivity contribution in [2.24, 2.45) is 5.92 Å². The molecule has 2 atom stereocenters. The van der Waals surface area contributed by atoms with Crippen molar-refractivity contribution in [3.8, 4) is 5.75 Å². The van der Waals surface area contributed by atoms with Gasteiger partial charge in [0.05, 0.1) is 18.1 Å². The first kappa shape index (κ1) is 21.8. The molecule has 0 unspecified atom stereocenters. The van der Waals surface area contributed by atoms with Gasteiger partial charge in [-0.3, -0.25) is 14.4 Å². The smallest absolute Gasteiger partial charge is 0.317 e. The van der Waals surface area contributed by atoms with Crippen molar-refractivity contribution in [2.45, 2.75) is 51.7 Å². The summed E-state index contributed by atoms with van der Waals surface area (Å²) in [5.41, 5.74) is 2.79. The monoisotopic (exact) mass is 411 g/mol. The molecule has 1 aliphatic rings. The largest absolute Gasteiger partial charge is 0.489 e. The zero-order valence-electron chi connectivity index (χ0n) is 17.9. The number of amides is 1. The summed E-state index contributed by atoms with van der Waals surface area (Å²) in [7, 11) is 0. The molecule has 160 valence electrons.